The first kappa shape index (κ1) is 22.0. The van der Waals surface area contributed by atoms with Gasteiger partial charge in [0.1, 0.15) is 12.4 Å². The Kier molecular flexibility index (Phi) is 8.27. The molecule has 6 nitrogen and oxygen atoms in total. The Bertz CT molecular complexity index is 864. The van der Waals surface area contributed by atoms with Crippen LogP contribution in [-0.4, -0.2) is 31.0 Å². The fourth-order valence-corrected chi connectivity index (χ4v) is 2.44. The highest BCUT2D eigenvalue weighted by Crippen LogP contribution is 2.18. The predicted molar refractivity (Wildman–Crippen MR) is 118 cm³/mol. The molecule has 2 amide bonds. The number of ether oxygens (including phenoxy) is 1. The largest absolute Gasteiger partial charge is 0.489 e. The lowest BCUT2D eigenvalue weighted by Gasteiger charge is -2.13. The van der Waals surface area contributed by atoms with E-state index in [4.69, 9.17) is 4.74 Å². The molecule has 154 valence electrons. The minimum atomic E-state index is -0.210. The smallest absolute Gasteiger partial charge is 0.251 e. The van der Waals surface area contributed by atoms with Crippen molar-refractivity contribution >= 4 is 23.2 Å². The molecule has 0 aromatic heterocycles. The van der Waals surface area contributed by atoms with Gasteiger partial charge in [-0.25, -0.2) is 0 Å². The molecule has 0 radical (unpaired) electrons. The number of carbonyl (C=O) groups is 2. The summed E-state index contributed by atoms with van der Waals surface area (Å²) < 4.78 is 5.60. The molecule has 0 aliphatic rings. The van der Waals surface area contributed by atoms with Crippen molar-refractivity contribution in [2.24, 2.45) is 0 Å². The van der Waals surface area contributed by atoms with Gasteiger partial charge < -0.3 is 20.7 Å². The monoisotopic (exact) mass is 395 g/mol. The zero-order valence-electron chi connectivity index (χ0n) is 17.2. The minimum absolute atomic E-state index is 0.0905. The Morgan fingerprint density at radius 2 is 1.83 bits per heavy atom. The molecule has 1 atom stereocenters. The van der Waals surface area contributed by atoms with Crippen molar-refractivity contribution < 1.29 is 14.3 Å². The maximum atomic E-state index is 12.3. The van der Waals surface area contributed by atoms with Crippen LogP contribution in [0.3, 0.4) is 0 Å². The van der Waals surface area contributed by atoms with Crippen molar-refractivity contribution in [2.75, 3.05) is 23.8 Å². The highest BCUT2D eigenvalue weighted by atomic mass is 16.5. The van der Waals surface area contributed by atoms with E-state index in [0.29, 0.717) is 23.6 Å². The summed E-state index contributed by atoms with van der Waals surface area (Å²) in [5.41, 5.74) is 2.80. The van der Waals surface area contributed by atoms with Crippen LogP contribution in [0.5, 0.6) is 5.75 Å². The number of carbonyl (C=O) groups excluding carboxylic acids is 2. The van der Waals surface area contributed by atoms with E-state index in [1.807, 2.05) is 45.0 Å². The molecule has 29 heavy (non-hydrogen) atoms. The first-order valence-corrected chi connectivity index (χ1v) is 9.69. The third kappa shape index (κ3) is 7.70. The van der Waals surface area contributed by atoms with Crippen LogP contribution in [0.4, 0.5) is 11.4 Å². The van der Waals surface area contributed by atoms with E-state index in [-0.39, 0.29) is 24.4 Å². The first-order valence-electron chi connectivity index (χ1n) is 9.69. The van der Waals surface area contributed by atoms with Gasteiger partial charge in [0.25, 0.3) is 5.91 Å². The van der Waals surface area contributed by atoms with Crippen molar-refractivity contribution in [1.29, 1.82) is 0 Å². The summed E-state index contributed by atoms with van der Waals surface area (Å²) in [5.74, 6) is 0.344. The lowest BCUT2D eigenvalue weighted by atomic mass is 10.1. The number of anilines is 2. The highest BCUT2D eigenvalue weighted by molar-refractivity contribution is 5.98. The summed E-state index contributed by atoms with van der Waals surface area (Å²) in [6, 6.07) is 14.4. The SMILES string of the molecule is C=C(C)COc1cccc(NCC(=O)Nc2cccc(C(=O)NC(C)CC)c2)c1. The van der Waals surface area contributed by atoms with Crippen LogP contribution in [0, 0.1) is 0 Å². The maximum absolute atomic E-state index is 12.3. The molecule has 0 saturated carbocycles. The molecular formula is C23H29N3O3. The second-order valence-corrected chi connectivity index (χ2v) is 7.04. The van der Waals surface area contributed by atoms with E-state index >= 15 is 0 Å². The maximum Gasteiger partial charge on any atom is 0.251 e. The third-order valence-corrected chi connectivity index (χ3v) is 4.17. The number of amides is 2. The van der Waals surface area contributed by atoms with Crippen LogP contribution < -0.4 is 20.7 Å². The lowest BCUT2D eigenvalue weighted by molar-refractivity contribution is -0.114. The zero-order valence-corrected chi connectivity index (χ0v) is 17.2. The van der Waals surface area contributed by atoms with E-state index in [1.54, 1.807) is 24.3 Å². The van der Waals surface area contributed by atoms with Gasteiger partial charge in [0.15, 0.2) is 0 Å². The Balaban J connectivity index is 1.89. The molecule has 2 rings (SSSR count). The van der Waals surface area contributed by atoms with Crippen molar-refractivity contribution in [2.45, 2.75) is 33.2 Å². The van der Waals surface area contributed by atoms with Gasteiger partial charge >= 0.3 is 0 Å². The fourth-order valence-electron chi connectivity index (χ4n) is 2.44. The minimum Gasteiger partial charge on any atom is -0.489 e. The molecule has 0 aliphatic heterocycles. The summed E-state index contributed by atoms with van der Waals surface area (Å²) in [4.78, 5) is 24.5. The molecule has 1 unspecified atom stereocenters. The highest BCUT2D eigenvalue weighted by Gasteiger charge is 2.10. The Morgan fingerprint density at radius 3 is 2.55 bits per heavy atom. The molecule has 0 bridgehead atoms. The summed E-state index contributed by atoms with van der Waals surface area (Å²) in [6.07, 6.45) is 0.854. The van der Waals surface area contributed by atoms with E-state index in [9.17, 15) is 9.59 Å². The van der Waals surface area contributed by atoms with Crippen LogP contribution in [0.15, 0.2) is 60.7 Å². The van der Waals surface area contributed by atoms with Gasteiger partial charge in [0, 0.05) is 29.0 Å². The molecule has 2 aromatic carbocycles. The second-order valence-electron chi connectivity index (χ2n) is 7.04. The molecule has 2 aromatic rings. The summed E-state index contributed by atoms with van der Waals surface area (Å²) in [5, 5.41) is 8.79. The van der Waals surface area contributed by atoms with Gasteiger partial charge in [-0.1, -0.05) is 25.6 Å². The van der Waals surface area contributed by atoms with Gasteiger partial charge in [-0.3, -0.25) is 9.59 Å². The standard InChI is InChI=1S/C23H29N3O3/c1-5-17(4)25-23(28)18-8-6-10-20(12-18)26-22(27)14-24-19-9-7-11-21(13-19)29-15-16(2)3/h6-13,17,24H,2,5,14-15H2,1,3-4H3,(H,25,28)(H,26,27). The van der Waals surface area contributed by atoms with E-state index in [2.05, 4.69) is 22.5 Å². The molecule has 0 saturated heterocycles. The molecular weight excluding hydrogens is 366 g/mol. The normalized spacial score (nSPS) is 11.3. The molecule has 0 fully saturated rings. The summed E-state index contributed by atoms with van der Waals surface area (Å²) in [6.45, 7) is 10.2. The van der Waals surface area contributed by atoms with Crippen molar-refractivity contribution in [3.05, 3.63) is 66.2 Å². The molecule has 0 heterocycles. The van der Waals surface area contributed by atoms with Crippen molar-refractivity contribution in [3.8, 4) is 5.75 Å². The number of benzene rings is 2. The van der Waals surface area contributed by atoms with Gasteiger partial charge in [-0.05, 0) is 56.2 Å². The van der Waals surface area contributed by atoms with Crippen LogP contribution >= 0.6 is 0 Å². The summed E-state index contributed by atoms with van der Waals surface area (Å²) >= 11 is 0. The second kappa shape index (κ2) is 10.9. The van der Waals surface area contributed by atoms with Crippen molar-refractivity contribution in [3.63, 3.8) is 0 Å². The fraction of sp³-hybridized carbons (Fsp3) is 0.304. The van der Waals surface area contributed by atoms with Gasteiger partial charge in [0.05, 0.1) is 6.54 Å². The number of nitrogens with one attached hydrogen (secondary N) is 3. The molecule has 0 aliphatic carbocycles. The van der Waals surface area contributed by atoms with Crippen LogP contribution in [-0.2, 0) is 4.79 Å². The average molecular weight is 396 g/mol. The van der Waals surface area contributed by atoms with E-state index in [0.717, 1.165) is 17.7 Å². The Hall–Kier alpha value is -3.28. The topological polar surface area (TPSA) is 79.5 Å². The number of hydrogen-bond donors (Lipinski definition) is 3. The van der Waals surface area contributed by atoms with Gasteiger partial charge in [-0.2, -0.15) is 0 Å². The van der Waals surface area contributed by atoms with Gasteiger partial charge in [-0.15, -0.1) is 0 Å². The van der Waals surface area contributed by atoms with E-state index in [1.165, 1.54) is 0 Å². The molecule has 0 spiro atoms. The third-order valence-electron chi connectivity index (χ3n) is 4.17. The van der Waals surface area contributed by atoms with Crippen LogP contribution in [0.1, 0.15) is 37.6 Å². The average Bonchev–Trinajstić information content (AvgIpc) is 2.71. The Labute approximate surface area is 172 Å². The molecule has 3 N–H and O–H groups in total. The first-order chi connectivity index (χ1) is 13.9. The Morgan fingerprint density at radius 1 is 1.10 bits per heavy atom. The predicted octanol–water partition coefficient (Wildman–Crippen LogP) is 4.22. The number of rotatable bonds is 10. The van der Waals surface area contributed by atoms with Crippen molar-refractivity contribution in [1.82, 2.24) is 5.32 Å². The number of hydrogen-bond acceptors (Lipinski definition) is 4. The summed E-state index contributed by atoms with van der Waals surface area (Å²) in [7, 11) is 0. The van der Waals surface area contributed by atoms with Crippen LogP contribution in [0.2, 0.25) is 0 Å². The van der Waals surface area contributed by atoms with Crippen LogP contribution in [0.25, 0.3) is 0 Å². The molecule has 6 heteroatoms. The zero-order chi connectivity index (χ0) is 21.2. The lowest BCUT2D eigenvalue weighted by Crippen LogP contribution is -2.32. The van der Waals surface area contributed by atoms with Gasteiger partial charge in [0.2, 0.25) is 5.91 Å². The quantitative estimate of drug-likeness (QED) is 0.526. The van der Waals surface area contributed by atoms with E-state index < -0.39 is 0 Å².